The third kappa shape index (κ3) is 3.41. The number of aromatic amines is 1. The van der Waals surface area contributed by atoms with Crippen molar-refractivity contribution >= 4 is 10.0 Å². The van der Waals surface area contributed by atoms with Crippen LogP contribution in [0.5, 0.6) is 0 Å². The Morgan fingerprint density at radius 1 is 1.17 bits per heavy atom. The summed E-state index contributed by atoms with van der Waals surface area (Å²) in [6.45, 7) is 2.96. The number of nitrogens with one attached hydrogen (secondary N) is 1. The molecule has 0 aromatic carbocycles. The highest BCUT2D eigenvalue weighted by atomic mass is 32.2. The lowest BCUT2D eigenvalue weighted by molar-refractivity contribution is -0.140. The number of hydrogen-bond donors (Lipinski definition) is 1. The summed E-state index contributed by atoms with van der Waals surface area (Å²) in [7, 11) is -3.89. The van der Waals surface area contributed by atoms with Gasteiger partial charge in [-0.05, 0) is 44.8 Å². The van der Waals surface area contributed by atoms with E-state index < -0.39 is 21.9 Å². The minimum atomic E-state index is -4.58. The zero-order valence-electron chi connectivity index (χ0n) is 12.6. The van der Waals surface area contributed by atoms with Gasteiger partial charge in [0.15, 0.2) is 0 Å². The smallest absolute Gasteiger partial charge is 0.356 e. The van der Waals surface area contributed by atoms with Crippen molar-refractivity contribution in [2.45, 2.75) is 42.8 Å². The minimum Gasteiger partial charge on any atom is -0.356 e. The van der Waals surface area contributed by atoms with Crippen molar-refractivity contribution in [3.63, 3.8) is 0 Å². The second kappa shape index (κ2) is 6.10. The van der Waals surface area contributed by atoms with E-state index in [-0.39, 0.29) is 10.9 Å². The summed E-state index contributed by atoms with van der Waals surface area (Å²) in [5, 5.41) is 0. The molecule has 0 saturated carbocycles. The number of aromatic nitrogens is 1. The summed E-state index contributed by atoms with van der Waals surface area (Å²) >= 11 is 0. The Labute approximate surface area is 133 Å². The van der Waals surface area contributed by atoms with Gasteiger partial charge in [-0.25, -0.2) is 8.42 Å². The van der Waals surface area contributed by atoms with E-state index in [1.165, 1.54) is 4.31 Å². The number of likely N-dealkylation sites (tertiary alicyclic amines) is 1. The van der Waals surface area contributed by atoms with Gasteiger partial charge in [0.1, 0.15) is 10.6 Å². The van der Waals surface area contributed by atoms with Crippen molar-refractivity contribution in [1.82, 2.24) is 14.2 Å². The standard InChI is InChI=1S/C14H20F3N3O2S/c15-14(16,17)13-8-12(9-18-13)23(21,22)20-7-3-4-11(20)10-19-5-1-2-6-19/h8-9,11,18H,1-7,10H2/t11-/m0/s1. The van der Waals surface area contributed by atoms with Crippen LogP contribution in [-0.4, -0.2) is 54.8 Å². The van der Waals surface area contributed by atoms with Crippen LogP contribution in [0.4, 0.5) is 13.2 Å². The summed E-state index contributed by atoms with van der Waals surface area (Å²) in [5.41, 5.74) is -1.04. The van der Waals surface area contributed by atoms with Crippen molar-refractivity contribution in [1.29, 1.82) is 0 Å². The van der Waals surface area contributed by atoms with Crippen LogP contribution < -0.4 is 0 Å². The molecule has 0 amide bonds. The Morgan fingerprint density at radius 3 is 2.48 bits per heavy atom. The van der Waals surface area contributed by atoms with Crippen LogP contribution in [0.2, 0.25) is 0 Å². The quantitative estimate of drug-likeness (QED) is 0.905. The topological polar surface area (TPSA) is 56.4 Å². The number of alkyl halides is 3. The first-order valence-electron chi connectivity index (χ1n) is 7.78. The molecular weight excluding hydrogens is 331 g/mol. The molecule has 1 N–H and O–H groups in total. The third-order valence-electron chi connectivity index (χ3n) is 4.56. The van der Waals surface area contributed by atoms with Gasteiger partial charge < -0.3 is 9.88 Å². The predicted octanol–water partition coefficient (Wildman–Crippen LogP) is 2.28. The maximum absolute atomic E-state index is 12.7. The summed E-state index contributed by atoms with van der Waals surface area (Å²) < 4.78 is 64.7. The molecule has 1 atom stereocenters. The lowest BCUT2D eigenvalue weighted by Gasteiger charge is -2.27. The molecule has 0 aliphatic carbocycles. The molecule has 0 bridgehead atoms. The highest BCUT2D eigenvalue weighted by Crippen LogP contribution is 2.32. The number of H-pyrrole nitrogens is 1. The maximum atomic E-state index is 12.7. The van der Waals surface area contributed by atoms with E-state index in [0.717, 1.165) is 45.0 Å². The molecule has 0 radical (unpaired) electrons. The van der Waals surface area contributed by atoms with Crippen molar-refractivity contribution < 1.29 is 21.6 Å². The first-order chi connectivity index (χ1) is 10.8. The molecule has 130 valence electrons. The molecule has 1 aromatic heterocycles. The van der Waals surface area contributed by atoms with E-state index in [1.54, 1.807) is 0 Å². The van der Waals surface area contributed by atoms with Gasteiger partial charge in [0.05, 0.1) is 0 Å². The van der Waals surface area contributed by atoms with Crippen LogP contribution >= 0.6 is 0 Å². The van der Waals surface area contributed by atoms with Gasteiger partial charge in [0, 0.05) is 25.3 Å². The molecule has 2 fully saturated rings. The van der Waals surface area contributed by atoms with E-state index in [4.69, 9.17) is 0 Å². The minimum absolute atomic E-state index is 0.151. The van der Waals surface area contributed by atoms with Crippen LogP contribution in [0.3, 0.4) is 0 Å². The van der Waals surface area contributed by atoms with Crippen molar-refractivity contribution in [2.24, 2.45) is 0 Å². The van der Waals surface area contributed by atoms with Gasteiger partial charge in [0.25, 0.3) is 0 Å². The first kappa shape index (κ1) is 16.8. The number of rotatable bonds is 4. The molecule has 9 heteroatoms. The molecule has 3 heterocycles. The van der Waals surface area contributed by atoms with Gasteiger partial charge in [-0.3, -0.25) is 0 Å². The van der Waals surface area contributed by atoms with Crippen LogP contribution in [0.1, 0.15) is 31.4 Å². The number of hydrogen-bond acceptors (Lipinski definition) is 3. The van der Waals surface area contributed by atoms with Gasteiger partial charge in [-0.1, -0.05) is 0 Å². The fourth-order valence-corrected chi connectivity index (χ4v) is 5.07. The second-order valence-electron chi connectivity index (χ2n) is 6.17. The van der Waals surface area contributed by atoms with E-state index in [0.29, 0.717) is 19.2 Å². The third-order valence-corrected chi connectivity index (χ3v) is 6.49. The number of halogens is 3. The largest absolute Gasteiger partial charge is 0.431 e. The van der Waals surface area contributed by atoms with Gasteiger partial charge >= 0.3 is 6.18 Å². The Morgan fingerprint density at radius 2 is 1.87 bits per heavy atom. The van der Waals surface area contributed by atoms with Crippen molar-refractivity contribution in [3.8, 4) is 0 Å². The molecule has 0 unspecified atom stereocenters. The molecule has 3 rings (SSSR count). The highest BCUT2D eigenvalue weighted by Gasteiger charge is 2.39. The fourth-order valence-electron chi connectivity index (χ4n) is 3.39. The zero-order valence-corrected chi connectivity index (χ0v) is 13.5. The normalized spacial score (nSPS) is 24.6. The lowest BCUT2D eigenvalue weighted by Crippen LogP contribution is -2.42. The molecule has 0 spiro atoms. The molecule has 1 aromatic rings. The van der Waals surface area contributed by atoms with Crippen LogP contribution in [0, 0.1) is 0 Å². The fraction of sp³-hybridized carbons (Fsp3) is 0.714. The molecule has 23 heavy (non-hydrogen) atoms. The monoisotopic (exact) mass is 351 g/mol. The van der Waals surface area contributed by atoms with Crippen molar-refractivity contribution in [3.05, 3.63) is 18.0 Å². The zero-order chi connectivity index (χ0) is 16.7. The predicted molar refractivity (Wildman–Crippen MR) is 78.4 cm³/mol. The molecule has 2 aliphatic rings. The lowest BCUT2D eigenvalue weighted by atomic mass is 10.2. The van der Waals surface area contributed by atoms with Crippen LogP contribution in [0.15, 0.2) is 17.2 Å². The average Bonchev–Trinajstić information content (AvgIpc) is 3.20. The van der Waals surface area contributed by atoms with Gasteiger partial charge in [-0.15, -0.1) is 0 Å². The van der Waals surface area contributed by atoms with E-state index in [1.807, 2.05) is 4.98 Å². The van der Waals surface area contributed by atoms with Gasteiger partial charge in [0.2, 0.25) is 10.0 Å². The van der Waals surface area contributed by atoms with Gasteiger partial charge in [-0.2, -0.15) is 17.5 Å². The Hall–Kier alpha value is -1.06. The Balaban J connectivity index is 1.79. The van der Waals surface area contributed by atoms with Crippen LogP contribution in [-0.2, 0) is 16.2 Å². The average molecular weight is 351 g/mol. The Bertz CT molecular complexity index is 650. The van der Waals surface area contributed by atoms with E-state index >= 15 is 0 Å². The molecule has 2 saturated heterocycles. The summed E-state index contributed by atoms with van der Waals surface area (Å²) in [4.78, 5) is 3.95. The first-order valence-corrected chi connectivity index (χ1v) is 9.22. The number of nitrogens with zero attached hydrogens (tertiary/aromatic N) is 2. The summed E-state index contributed by atoms with van der Waals surface area (Å²) in [6.07, 6.45) is 0.0934. The SMILES string of the molecule is O=S(=O)(c1c[nH]c(C(F)(F)F)c1)N1CCC[C@H]1CN1CCCC1. The molecule has 2 aliphatic heterocycles. The maximum Gasteiger partial charge on any atom is 0.431 e. The summed E-state index contributed by atoms with van der Waals surface area (Å²) in [6, 6.07) is 0.531. The summed E-state index contributed by atoms with van der Waals surface area (Å²) in [5.74, 6) is 0. The molecular formula is C14H20F3N3O2S. The van der Waals surface area contributed by atoms with E-state index in [2.05, 4.69) is 4.90 Å². The Kier molecular flexibility index (Phi) is 4.45. The molecule has 5 nitrogen and oxygen atoms in total. The highest BCUT2D eigenvalue weighted by molar-refractivity contribution is 7.89. The van der Waals surface area contributed by atoms with Crippen molar-refractivity contribution in [2.75, 3.05) is 26.2 Å². The van der Waals surface area contributed by atoms with Crippen LogP contribution in [0.25, 0.3) is 0 Å². The number of sulfonamides is 1. The second-order valence-corrected chi connectivity index (χ2v) is 8.06. The van der Waals surface area contributed by atoms with E-state index in [9.17, 15) is 21.6 Å².